The fraction of sp³-hybridized carbons (Fsp3) is 0.412. The molecule has 0 saturated carbocycles. The van der Waals surface area contributed by atoms with Gasteiger partial charge in [0.25, 0.3) is 0 Å². The maximum Gasteiger partial charge on any atom is 0.242 e. The Kier molecular flexibility index (Phi) is 5.47. The molecule has 0 spiro atoms. The molecule has 4 heteroatoms. The summed E-state index contributed by atoms with van der Waals surface area (Å²) in [5, 5.41) is 4.32. The van der Waals surface area contributed by atoms with Crippen molar-refractivity contribution in [2.75, 3.05) is 0 Å². The standard InChI is InChI=1S/C17H21N3O/c1-14-16(17(18-13-21)20(2)19-14)12-8-4-7-11-15-9-5-3-6-10-15/h3,5-6,9-10H,4,7-8,11-12H2,1-2H3. The van der Waals surface area contributed by atoms with E-state index in [9.17, 15) is 4.79 Å². The number of unbranched alkanes of at least 4 members (excludes halogenated alkanes) is 2. The third-order valence-corrected chi connectivity index (χ3v) is 3.70. The summed E-state index contributed by atoms with van der Waals surface area (Å²) in [5.74, 6) is 0.644. The van der Waals surface area contributed by atoms with Crippen molar-refractivity contribution in [3.05, 3.63) is 47.2 Å². The second kappa shape index (κ2) is 7.55. The van der Waals surface area contributed by atoms with Crippen LogP contribution in [0.1, 0.15) is 36.1 Å². The third-order valence-electron chi connectivity index (χ3n) is 3.70. The molecule has 0 bridgehead atoms. The van der Waals surface area contributed by atoms with Crippen LogP contribution >= 0.6 is 0 Å². The van der Waals surface area contributed by atoms with Gasteiger partial charge in [-0.2, -0.15) is 5.10 Å². The molecule has 0 unspecified atom stereocenters. The van der Waals surface area contributed by atoms with Crippen molar-refractivity contribution in [2.24, 2.45) is 12.0 Å². The molecule has 1 aromatic heterocycles. The molecule has 1 heterocycles. The van der Waals surface area contributed by atoms with Gasteiger partial charge in [0, 0.05) is 12.6 Å². The molecular formula is C17H21N3O. The van der Waals surface area contributed by atoms with E-state index < -0.39 is 0 Å². The molecule has 4 nitrogen and oxygen atoms in total. The van der Waals surface area contributed by atoms with Gasteiger partial charge in [-0.15, -0.1) is 4.99 Å². The number of rotatable bonds is 7. The van der Waals surface area contributed by atoms with Gasteiger partial charge < -0.3 is 0 Å². The number of hydrogen-bond acceptors (Lipinski definition) is 3. The largest absolute Gasteiger partial charge is 0.250 e. The van der Waals surface area contributed by atoms with Crippen molar-refractivity contribution in [3.8, 4) is 0 Å². The lowest BCUT2D eigenvalue weighted by Gasteiger charge is -2.03. The Labute approximate surface area is 125 Å². The number of benzene rings is 1. The van der Waals surface area contributed by atoms with Gasteiger partial charge in [-0.3, -0.25) is 0 Å². The fourth-order valence-corrected chi connectivity index (χ4v) is 2.62. The molecule has 0 fully saturated rings. The molecule has 0 aliphatic rings. The normalized spacial score (nSPS) is 10.4. The van der Waals surface area contributed by atoms with E-state index in [1.165, 1.54) is 12.0 Å². The summed E-state index contributed by atoms with van der Waals surface area (Å²) in [6.07, 6.45) is 7.07. The van der Waals surface area contributed by atoms with Crippen molar-refractivity contribution in [1.29, 1.82) is 0 Å². The summed E-state index contributed by atoms with van der Waals surface area (Å²) < 4.78 is 1.65. The van der Waals surface area contributed by atoms with Gasteiger partial charge in [-0.25, -0.2) is 9.48 Å². The molecule has 0 N–H and O–H groups in total. The molecule has 0 atom stereocenters. The van der Waals surface area contributed by atoms with Gasteiger partial charge in [-0.05, 0) is 38.2 Å². The van der Waals surface area contributed by atoms with Gasteiger partial charge in [0.05, 0.1) is 5.69 Å². The Bertz CT molecular complexity index is 625. The molecule has 0 amide bonds. The molecule has 0 radical (unpaired) electrons. The first-order valence-electron chi connectivity index (χ1n) is 7.36. The van der Waals surface area contributed by atoms with Gasteiger partial charge >= 0.3 is 0 Å². The first-order chi connectivity index (χ1) is 10.2. The molecule has 2 aromatic rings. The van der Waals surface area contributed by atoms with Crippen LogP contribution in [0.15, 0.2) is 35.3 Å². The van der Waals surface area contributed by atoms with E-state index in [-0.39, 0.29) is 0 Å². The van der Waals surface area contributed by atoms with Crippen LogP contribution in [-0.2, 0) is 24.7 Å². The zero-order valence-corrected chi connectivity index (χ0v) is 12.7. The molecule has 0 aliphatic heterocycles. The van der Waals surface area contributed by atoms with Crippen LogP contribution in [0.2, 0.25) is 0 Å². The summed E-state index contributed by atoms with van der Waals surface area (Å²) in [6.45, 7) is 1.96. The van der Waals surface area contributed by atoms with Gasteiger partial charge in [0.2, 0.25) is 6.08 Å². The lowest BCUT2D eigenvalue weighted by atomic mass is 10.0. The molecule has 0 saturated heterocycles. The topological polar surface area (TPSA) is 47.2 Å². The van der Waals surface area contributed by atoms with Crippen molar-refractivity contribution < 1.29 is 4.79 Å². The van der Waals surface area contributed by atoms with Crippen LogP contribution in [0.5, 0.6) is 0 Å². The highest BCUT2D eigenvalue weighted by Gasteiger charge is 2.12. The minimum absolute atomic E-state index is 0.644. The second-order valence-electron chi connectivity index (χ2n) is 5.26. The molecule has 2 rings (SSSR count). The monoisotopic (exact) mass is 283 g/mol. The van der Waals surface area contributed by atoms with Gasteiger partial charge in [0.15, 0.2) is 5.82 Å². The van der Waals surface area contributed by atoms with E-state index >= 15 is 0 Å². The van der Waals surface area contributed by atoms with Crippen LogP contribution in [0.3, 0.4) is 0 Å². The fourth-order valence-electron chi connectivity index (χ4n) is 2.62. The van der Waals surface area contributed by atoms with Crippen LogP contribution in [-0.4, -0.2) is 15.9 Å². The minimum Gasteiger partial charge on any atom is -0.250 e. The number of aromatic nitrogens is 2. The van der Waals surface area contributed by atoms with Crippen LogP contribution in [0.25, 0.3) is 0 Å². The Morgan fingerprint density at radius 2 is 1.86 bits per heavy atom. The minimum atomic E-state index is 0.644. The van der Waals surface area contributed by atoms with Crippen LogP contribution < -0.4 is 0 Å². The van der Waals surface area contributed by atoms with Crippen molar-refractivity contribution in [1.82, 2.24) is 9.78 Å². The van der Waals surface area contributed by atoms with Gasteiger partial charge in [-0.1, -0.05) is 36.8 Å². The van der Waals surface area contributed by atoms with Crippen LogP contribution in [0.4, 0.5) is 5.82 Å². The highest BCUT2D eigenvalue weighted by Crippen LogP contribution is 2.23. The number of aliphatic imine (C=N–C) groups is 1. The van der Waals surface area contributed by atoms with Gasteiger partial charge in [0.1, 0.15) is 0 Å². The smallest absolute Gasteiger partial charge is 0.242 e. The maximum atomic E-state index is 10.5. The summed E-state index contributed by atoms with van der Waals surface area (Å²) in [6, 6.07) is 10.5. The molecule has 1 aromatic carbocycles. The zero-order chi connectivity index (χ0) is 15.1. The third kappa shape index (κ3) is 4.14. The Morgan fingerprint density at radius 3 is 2.57 bits per heavy atom. The SMILES string of the molecule is Cc1nn(C)c(N=C=O)c1CCCCCc1ccccc1. The molecule has 0 aliphatic carbocycles. The second-order valence-corrected chi connectivity index (χ2v) is 5.26. The predicted octanol–water partition coefficient (Wildman–Crippen LogP) is 3.65. The van der Waals surface area contributed by atoms with E-state index in [0.29, 0.717) is 5.82 Å². The highest BCUT2D eigenvalue weighted by atomic mass is 16.1. The van der Waals surface area contributed by atoms with Crippen molar-refractivity contribution in [3.63, 3.8) is 0 Å². The van der Waals surface area contributed by atoms with E-state index in [0.717, 1.165) is 36.9 Å². The Hall–Kier alpha value is -2.19. The van der Waals surface area contributed by atoms with Crippen LogP contribution in [0, 0.1) is 6.92 Å². The van der Waals surface area contributed by atoms with E-state index in [1.807, 2.05) is 20.0 Å². The number of nitrogens with zero attached hydrogens (tertiary/aromatic N) is 3. The number of aryl methyl sites for hydroxylation is 3. The van der Waals surface area contributed by atoms with Crippen molar-refractivity contribution >= 4 is 11.9 Å². The van der Waals surface area contributed by atoms with Crippen molar-refractivity contribution in [2.45, 2.75) is 39.0 Å². The predicted molar refractivity (Wildman–Crippen MR) is 83.4 cm³/mol. The first kappa shape index (κ1) is 15.2. The average Bonchev–Trinajstić information content (AvgIpc) is 2.75. The lowest BCUT2D eigenvalue weighted by molar-refractivity contribution is 0.564. The van der Waals surface area contributed by atoms with E-state index in [1.54, 1.807) is 10.8 Å². The number of isocyanates is 1. The average molecular weight is 283 g/mol. The quantitative estimate of drug-likeness (QED) is 0.442. The molecule has 110 valence electrons. The molecular weight excluding hydrogens is 262 g/mol. The van der Waals surface area contributed by atoms with E-state index in [4.69, 9.17) is 0 Å². The maximum absolute atomic E-state index is 10.5. The highest BCUT2D eigenvalue weighted by molar-refractivity contribution is 5.50. The summed E-state index contributed by atoms with van der Waals surface area (Å²) >= 11 is 0. The first-order valence-corrected chi connectivity index (χ1v) is 7.36. The molecule has 21 heavy (non-hydrogen) atoms. The van der Waals surface area contributed by atoms with E-state index in [2.05, 4.69) is 34.4 Å². The summed E-state index contributed by atoms with van der Waals surface area (Å²) in [7, 11) is 1.81. The summed E-state index contributed by atoms with van der Waals surface area (Å²) in [4.78, 5) is 14.3. The zero-order valence-electron chi connectivity index (χ0n) is 12.7. The summed E-state index contributed by atoms with van der Waals surface area (Å²) in [5.41, 5.74) is 3.41. The number of carbonyl (C=O) groups excluding carboxylic acids is 1. The Balaban J connectivity index is 1.82. The number of hydrogen-bond donors (Lipinski definition) is 0. The Morgan fingerprint density at radius 1 is 1.14 bits per heavy atom. The lowest BCUT2D eigenvalue weighted by Crippen LogP contribution is -1.91.